The minimum Gasteiger partial charge on any atom is -1.00 e. The van der Waals surface area contributed by atoms with E-state index in [1.807, 2.05) is 0 Å². The van der Waals surface area contributed by atoms with Crippen molar-refractivity contribution in [2.45, 2.75) is 6.04 Å². The van der Waals surface area contributed by atoms with E-state index in [-0.39, 0.29) is 26.0 Å². The van der Waals surface area contributed by atoms with Gasteiger partial charge in [-0.15, -0.1) is 10.2 Å². The SMILES string of the molecule is N#CC1=NN=NC1C#N.[H-].[Li+]. The first-order chi connectivity index (χ1) is 4.38. The van der Waals surface area contributed by atoms with Crippen molar-refractivity contribution < 1.29 is 20.3 Å². The van der Waals surface area contributed by atoms with E-state index in [1.54, 1.807) is 12.1 Å². The van der Waals surface area contributed by atoms with Gasteiger partial charge in [-0.3, -0.25) is 0 Å². The maximum Gasteiger partial charge on any atom is 1.00 e. The zero-order valence-corrected chi connectivity index (χ0v) is 5.31. The molecule has 10 heavy (non-hydrogen) atoms. The maximum absolute atomic E-state index is 8.23. The molecule has 0 saturated heterocycles. The number of nitriles is 2. The monoisotopic (exact) mass is 127 g/mol. The van der Waals surface area contributed by atoms with Gasteiger partial charge >= 0.3 is 18.9 Å². The van der Waals surface area contributed by atoms with E-state index < -0.39 is 6.04 Å². The molecule has 44 valence electrons. The summed E-state index contributed by atoms with van der Waals surface area (Å²) in [7, 11) is 0. The predicted molar refractivity (Wildman–Crippen MR) is 28.4 cm³/mol. The molecular formula is C4H2LiN5. The van der Waals surface area contributed by atoms with Crippen LogP contribution in [0.3, 0.4) is 0 Å². The normalized spacial score (nSPS) is 20.2. The Bertz CT molecular complexity index is 259. The van der Waals surface area contributed by atoms with Crippen LogP contribution in [-0.2, 0) is 0 Å². The van der Waals surface area contributed by atoms with Crippen molar-refractivity contribution in [3.63, 3.8) is 0 Å². The molecule has 5 nitrogen and oxygen atoms in total. The van der Waals surface area contributed by atoms with Gasteiger partial charge in [0.25, 0.3) is 0 Å². The van der Waals surface area contributed by atoms with Crippen molar-refractivity contribution >= 4 is 5.71 Å². The van der Waals surface area contributed by atoms with Crippen LogP contribution in [0.4, 0.5) is 0 Å². The molecule has 1 aliphatic rings. The van der Waals surface area contributed by atoms with Gasteiger partial charge in [0.1, 0.15) is 6.07 Å². The van der Waals surface area contributed by atoms with Crippen molar-refractivity contribution in [2.75, 3.05) is 0 Å². The Labute approximate surface area is 70.7 Å². The molecule has 1 atom stereocenters. The second kappa shape index (κ2) is 3.79. The molecule has 0 radical (unpaired) electrons. The quantitative estimate of drug-likeness (QED) is 0.332. The Morgan fingerprint density at radius 2 is 2.20 bits per heavy atom. The van der Waals surface area contributed by atoms with Crippen molar-refractivity contribution in [2.24, 2.45) is 15.4 Å². The van der Waals surface area contributed by atoms with Gasteiger partial charge in [0, 0.05) is 0 Å². The third-order valence-corrected chi connectivity index (χ3v) is 0.815. The van der Waals surface area contributed by atoms with Gasteiger partial charge in [0.15, 0.2) is 5.71 Å². The molecular weight excluding hydrogens is 125 g/mol. The second-order valence-electron chi connectivity index (χ2n) is 1.33. The summed E-state index contributed by atoms with van der Waals surface area (Å²) in [6.07, 6.45) is 0. The van der Waals surface area contributed by atoms with Crippen molar-refractivity contribution in [1.29, 1.82) is 10.5 Å². The van der Waals surface area contributed by atoms with Crippen LogP contribution in [0.5, 0.6) is 0 Å². The standard InChI is InChI=1S/C4HN5.Li.H/c5-1-3-4(2-6)8-9-7-3;;/h3H;;/q;+1;-1. The van der Waals surface area contributed by atoms with Crippen molar-refractivity contribution in [3.05, 3.63) is 0 Å². The fourth-order valence-corrected chi connectivity index (χ4v) is 0.405. The summed E-state index contributed by atoms with van der Waals surface area (Å²) in [4.78, 5) is 0. The molecule has 0 aromatic carbocycles. The third-order valence-electron chi connectivity index (χ3n) is 0.815. The molecule has 1 aliphatic heterocycles. The van der Waals surface area contributed by atoms with Gasteiger partial charge in [-0.1, -0.05) is 0 Å². The Morgan fingerprint density at radius 1 is 1.50 bits per heavy atom. The molecule has 0 amide bonds. The molecule has 0 aromatic rings. The van der Waals surface area contributed by atoms with E-state index in [9.17, 15) is 0 Å². The van der Waals surface area contributed by atoms with E-state index in [1.165, 1.54) is 0 Å². The van der Waals surface area contributed by atoms with Crippen LogP contribution in [0.25, 0.3) is 0 Å². The summed E-state index contributed by atoms with van der Waals surface area (Å²) in [6.45, 7) is 0. The van der Waals surface area contributed by atoms with Crippen LogP contribution in [-0.4, -0.2) is 11.8 Å². The minimum absolute atomic E-state index is 0. The summed E-state index contributed by atoms with van der Waals surface area (Å²) >= 11 is 0. The Kier molecular flexibility index (Phi) is 3.36. The number of hydrogen-bond donors (Lipinski definition) is 0. The first-order valence-electron chi connectivity index (χ1n) is 2.16. The molecule has 0 N–H and O–H groups in total. The summed E-state index contributed by atoms with van der Waals surface area (Å²) < 4.78 is 0. The Morgan fingerprint density at radius 3 is 2.60 bits per heavy atom. The summed E-state index contributed by atoms with van der Waals surface area (Å²) in [5.41, 5.74) is 0.0671. The summed E-state index contributed by atoms with van der Waals surface area (Å²) in [5, 5.41) is 26.2. The van der Waals surface area contributed by atoms with Gasteiger partial charge in [-0.2, -0.15) is 10.5 Å². The molecule has 0 spiro atoms. The first kappa shape index (κ1) is 8.85. The smallest absolute Gasteiger partial charge is 1.00 e. The summed E-state index contributed by atoms with van der Waals surface area (Å²) in [5.74, 6) is 0. The average molecular weight is 127 g/mol. The molecule has 0 fully saturated rings. The van der Waals surface area contributed by atoms with Crippen molar-refractivity contribution in [3.8, 4) is 12.1 Å². The van der Waals surface area contributed by atoms with Gasteiger partial charge in [-0.25, -0.2) is 0 Å². The fourth-order valence-electron chi connectivity index (χ4n) is 0.405. The predicted octanol–water partition coefficient (Wildman–Crippen LogP) is -2.66. The zero-order valence-electron chi connectivity index (χ0n) is 6.31. The molecule has 0 aliphatic carbocycles. The average Bonchev–Trinajstić information content (AvgIpc) is 2.33. The Balaban J connectivity index is 0. The van der Waals surface area contributed by atoms with Gasteiger partial charge in [-0.05, 0) is 5.22 Å². The van der Waals surface area contributed by atoms with Gasteiger partial charge < -0.3 is 1.43 Å². The van der Waals surface area contributed by atoms with Crippen LogP contribution in [0.15, 0.2) is 15.4 Å². The molecule has 0 saturated carbocycles. The summed E-state index contributed by atoms with van der Waals surface area (Å²) in [6, 6.07) is 2.69. The fraction of sp³-hybridized carbons (Fsp3) is 0.250. The van der Waals surface area contributed by atoms with E-state index in [0.29, 0.717) is 0 Å². The number of rotatable bonds is 0. The number of nitrogens with zero attached hydrogens (tertiary/aromatic N) is 5. The van der Waals surface area contributed by atoms with Crippen LogP contribution < -0.4 is 18.9 Å². The molecule has 1 unspecified atom stereocenters. The zero-order chi connectivity index (χ0) is 6.69. The van der Waals surface area contributed by atoms with E-state index in [2.05, 4.69) is 15.4 Å². The maximum atomic E-state index is 8.23. The van der Waals surface area contributed by atoms with E-state index in [0.717, 1.165) is 0 Å². The number of hydrogen-bond acceptors (Lipinski definition) is 5. The Hall–Kier alpha value is -1.15. The second-order valence-corrected chi connectivity index (χ2v) is 1.33. The van der Waals surface area contributed by atoms with Crippen LogP contribution in [0, 0.1) is 22.7 Å². The largest absolute Gasteiger partial charge is 1.00 e. The molecule has 1 heterocycles. The van der Waals surface area contributed by atoms with Crippen molar-refractivity contribution in [1.82, 2.24) is 0 Å². The van der Waals surface area contributed by atoms with Crippen LogP contribution in [0.2, 0.25) is 0 Å². The van der Waals surface area contributed by atoms with Gasteiger partial charge in [0.05, 0.1) is 6.07 Å². The van der Waals surface area contributed by atoms with Crippen LogP contribution in [0.1, 0.15) is 1.43 Å². The topological polar surface area (TPSA) is 84.7 Å². The molecule has 1 rings (SSSR count). The van der Waals surface area contributed by atoms with E-state index in [4.69, 9.17) is 10.5 Å². The molecule has 0 bridgehead atoms. The van der Waals surface area contributed by atoms with Gasteiger partial charge in [0.2, 0.25) is 6.04 Å². The van der Waals surface area contributed by atoms with E-state index >= 15 is 0 Å². The minimum atomic E-state index is -0.769. The first-order valence-corrected chi connectivity index (χ1v) is 2.16. The van der Waals surface area contributed by atoms with Crippen LogP contribution >= 0.6 is 0 Å². The third kappa shape index (κ3) is 1.42. The molecule has 6 heteroatoms. The molecule has 0 aromatic heterocycles.